The summed E-state index contributed by atoms with van der Waals surface area (Å²) in [5.41, 5.74) is 11.2. The average molecular weight is 392 g/mol. The minimum Gasteiger partial charge on any atom is -0.494 e. The summed E-state index contributed by atoms with van der Waals surface area (Å²) in [6.45, 7) is 7.25. The van der Waals surface area contributed by atoms with Gasteiger partial charge in [-0.3, -0.25) is 0 Å². The first-order chi connectivity index (χ1) is 12.8. The summed E-state index contributed by atoms with van der Waals surface area (Å²) in [7, 11) is -3.69. The van der Waals surface area contributed by atoms with Gasteiger partial charge < -0.3 is 20.4 Å². The van der Waals surface area contributed by atoms with Crippen molar-refractivity contribution in [1.82, 2.24) is 0 Å². The first kappa shape index (κ1) is 22.0. The molecule has 0 fully saturated rings. The average Bonchev–Trinajstić information content (AvgIpc) is 2.55. The van der Waals surface area contributed by atoms with E-state index in [0.717, 1.165) is 5.56 Å². The third kappa shape index (κ3) is 9.26. The van der Waals surface area contributed by atoms with Crippen LogP contribution in [0.2, 0.25) is 0 Å². The molecule has 0 atom stereocenters. The molecule has 9 heteroatoms. The first-order valence-corrected chi connectivity index (χ1v) is 9.58. The van der Waals surface area contributed by atoms with Crippen LogP contribution in [0.5, 0.6) is 11.5 Å². The van der Waals surface area contributed by atoms with Crippen molar-refractivity contribution in [3.8, 4) is 11.5 Å². The van der Waals surface area contributed by atoms with Crippen LogP contribution in [0, 0.1) is 6.92 Å². The van der Waals surface area contributed by atoms with Crippen LogP contribution in [-0.2, 0) is 15.9 Å². The van der Waals surface area contributed by atoms with Crippen molar-refractivity contribution in [3.05, 3.63) is 59.7 Å². The molecule has 2 aromatic rings. The highest BCUT2D eigenvalue weighted by Gasteiger charge is 2.15. The molecule has 0 radical (unpaired) electrons. The van der Waals surface area contributed by atoms with Gasteiger partial charge in [-0.15, -0.1) is 5.10 Å². The summed E-state index contributed by atoms with van der Waals surface area (Å²) in [5.74, 6) is 0.646. The van der Waals surface area contributed by atoms with Gasteiger partial charge in [-0.05, 0) is 37.1 Å². The fraction of sp³-hybridized carbons (Fsp3) is 0.222. The van der Waals surface area contributed by atoms with Gasteiger partial charge >= 0.3 is 10.1 Å². The van der Waals surface area contributed by atoms with Crippen molar-refractivity contribution in [2.75, 3.05) is 6.61 Å². The van der Waals surface area contributed by atoms with Crippen LogP contribution in [0.4, 0.5) is 0 Å². The third-order valence-corrected chi connectivity index (χ3v) is 4.06. The van der Waals surface area contributed by atoms with Crippen LogP contribution in [0.1, 0.15) is 18.1 Å². The molecule has 0 aliphatic carbocycles. The summed E-state index contributed by atoms with van der Waals surface area (Å²) >= 11 is 0. The zero-order valence-electron chi connectivity index (χ0n) is 15.3. The lowest BCUT2D eigenvalue weighted by molar-refractivity contribution is 0.338. The van der Waals surface area contributed by atoms with E-state index < -0.39 is 10.1 Å². The Morgan fingerprint density at radius 2 is 1.74 bits per heavy atom. The largest absolute Gasteiger partial charge is 0.494 e. The van der Waals surface area contributed by atoms with Crippen molar-refractivity contribution in [2.45, 2.75) is 19.6 Å². The number of guanidine groups is 1. The van der Waals surface area contributed by atoms with E-state index in [2.05, 4.69) is 16.9 Å². The molecule has 2 aromatic carbocycles. The van der Waals surface area contributed by atoms with Crippen LogP contribution in [0.15, 0.2) is 58.7 Å². The maximum Gasteiger partial charge on any atom is 0.313 e. The summed E-state index contributed by atoms with van der Waals surface area (Å²) in [6.07, 6.45) is 0. The molecule has 0 aliphatic rings. The van der Waals surface area contributed by atoms with E-state index in [0.29, 0.717) is 17.9 Å². The van der Waals surface area contributed by atoms with Gasteiger partial charge in [-0.25, -0.2) is 0 Å². The maximum absolute atomic E-state index is 12.1. The van der Waals surface area contributed by atoms with E-state index in [-0.39, 0.29) is 17.5 Å². The van der Waals surface area contributed by atoms with Crippen LogP contribution in [-0.4, -0.2) is 27.7 Å². The van der Waals surface area contributed by atoms with Crippen LogP contribution < -0.4 is 20.4 Å². The second kappa shape index (κ2) is 10.8. The van der Waals surface area contributed by atoms with E-state index in [4.69, 9.17) is 20.4 Å². The predicted octanol–water partition coefficient (Wildman–Crippen LogP) is 2.18. The Kier molecular flexibility index (Phi) is 8.80. The number of rotatable bonds is 7. The minimum atomic E-state index is -3.69. The summed E-state index contributed by atoms with van der Waals surface area (Å²) < 4.78 is 34.7. The molecule has 0 unspecified atom stereocenters. The van der Waals surface area contributed by atoms with Crippen molar-refractivity contribution in [2.24, 2.45) is 21.7 Å². The molecule has 0 amide bonds. The molecule has 0 saturated heterocycles. The summed E-state index contributed by atoms with van der Waals surface area (Å²) in [6, 6.07) is 14.0. The lowest BCUT2D eigenvalue weighted by atomic mass is 10.2. The fourth-order valence-corrected chi connectivity index (χ4v) is 3.10. The second-order valence-corrected chi connectivity index (χ2v) is 6.92. The summed E-state index contributed by atoms with van der Waals surface area (Å²) in [5, 5.41) is 6.13. The normalized spacial score (nSPS) is 10.1. The lowest BCUT2D eigenvalue weighted by Gasteiger charge is -2.10. The Morgan fingerprint density at radius 3 is 2.26 bits per heavy atom. The van der Waals surface area contributed by atoms with E-state index in [9.17, 15) is 8.42 Å². The monoisotopic (exact) mass is 392 g/mol. The molecule has 0 aliphatic heterocycles. The SMILES string of the molecule is C=NN=C(N)N.CCOc1cc(C)cc(OS(=O)(=O)Cc2ccccc2)c1. The van der Waals surface area contributed by atoms with Crippen LogP contribution in [0.3, 0.4) is 0 Å². The van der Waals surface area contributed by atoms with Gasteiger partial charge in [0.1, 0.15) is 17.3 Å². The first-order valence-electron chi connectivity index (χ1n) is 8.01. The van der Waals surface area contributed by atoms with Gasteiger partial charge in [0, 0.05) is 12.8 Å². The molecule has 2 rings (SSSR count). The predicted molar refractivity (Wildman–Crippen MR) is 107 cm³/mol. The summed E-state index contributed by atoms with van der Waals surface area (Å²) in [4.78, 5) is 0. The Morgan fingerprint density at radius 1 is 1.11 bits per heavy atom. The molecule has 0 bridgehead atoms. The topological polar surface area (TPSA) is 129 Å². The Labute approximate surface area is 159 Å². The van der Waals surface area contributed by atoms with Gasteiger partial charge in [0.05, 0.1) is 6.61 Å². The van der Waals surface area contributed by atoms with Gasteiger partial charge in [0.15, 0.2) is 0 Å². The fourth-order valence-electron chi connectivity index (χ4n) is 2.05. The number of nitrogens with two attached hydrogens (primary N) is 2. The zero-order valence-corrected chi connectivity index (χ0v) is 16.1. The smallest absolute Gasteiger partial charge is 0.313 e. The van der Waals surface area contributed by atoms with E-state index in [1.54, 1.807) is 36.4 Å². The molecular formula is C18H24N4O4S. The van der Waals surface area contributed by atoms with Crippen LogP contribution in [0.25, 0.3) is 0 Å². The van der Waals surface area contributed by atoms with Crippen molar-refractivity contribution >= 4 is 22.8 Å². The Bertz CT molecular complexity index is 864. The number of benzene rings is 2. The van der Waals surface area contributed by atoms with E-state index in [1.807, 2.05) is 26.0 Å². The van der Waals surface area contributed by atoms with Crippen molar-refractivity contribution < 1.29 is 17.3 Å². The molecule has 27 heavy (non-hydrogen) atoms. The van der Waals surface area contributed by atoms with Gasteiger partial charge in [-0.2, -0.15) is 13.5 Å². The quantitative estimate of drug-likeness (QED) is 0.321. The van der Waals surface area contributed by atoms with Crippen LogP contribution >= 0.6 is 0 Å². The zero-order chi connectivity index (χ0) is 20.3. The molecule has 0 spiro atoms. The number of aryl methyl sites for hydroxylation is 1. The number of ether oxygens (including phenoxy) is 1. The van der Waals surface area contributed by atoms with Gasteiger partial charge in [0.2, 0.25) is 5.96 Å². The molecule has 0 saturated carbocycles. The highest BCUT2D eigenvalue weighted by molar-refractivity contribution is 7.86. The van der Waals surface area contributed by atoms with Gasteiger partial charge in [0.25, 0.3) is 0 Å². The Hall–Kier alpha value is -3.07. The standard InChI is InChI=1S/C16H18O4S.C2H6N4/c1-3-19-15-9-13(2)10-16(11-15)20-21(17,18)12-14-7-5-4-6-8-14;1-5-6-2(3)4/h4-11H,3,12H2,1-2H3;1H2,(H4,3,4,6). The third-order valence-electron chi connectivity index (χ3n) is 2.93. The minimum absolute atomic E-state index is 0.0648. The lowest BCUT2D eigenvalue weighted by Crippen LogP contribution is -2.21. The van der Waals surface area contributed by atoms with E-state index in [1.165, 1.54) is 0 Å². The van der Waals surface area contributed by atoms with Crippen molar-refractivity contribution in [3.63, 3.8) is 0 Å². The highest BCUT2D eigenvalue weighted by atomic mass is 32.2. The second-order valence-electron chi connectivity index (χ2n) is 5.35. The molecular weight excluding hydrogens is 368 g/mol. The molecule has 146 valence electrons. The molecule has 8 nitrogen and oxygen atoms in total. The molecule has 0 aromatic heterocycles. The number of nitrogens with zero attached hydrogens (tertiary/aromatic N) is 2. The number of hydrogen-bond donors (Lipinski definition) is 2. The van der Waals surface area contributed by atoms with Gasteiger partial charge in [-0.1, -0.05) is 30.3 Å². The highest BCUT2D eigenvalue weighted by Crippen LogP contribution is 2.24. The van der Waals surface area contributed by atoms with Crippen molar-refractivity contribution in [1.29, 1.82) is 0 Å². The number of hydrogen-bond acceptors (Lipinski definition) is 6. The molecule has 4 N–H and O–H groups in total. The molecule has 0 heterocycles. The maximum atomic E-state index is 12.1. The van der Waals surface area contributed by atoms with E-state index >= 15 is 0 Å². The Balaban J connectivity index is 0.000000527.